The van der Waals surface area contributed by atoms with Gasteiger partial charge in [0.05, 0.1) is 5.56 Å². The van der Waals surface area contributed by atoms with E-state index < -0.39 is 12.2 Å². The van der Waals surface area contributed by atoms with E-state index in [9.17, 15) is 13.6 Å². The summed E-state index contributed by atoms with van der Waals surface area (Å²) in [6, 6.07) is 3.18. The third-order valence-corrected chi connectivity index (χ3v) is 8.59. The number of alkyl halides is 2. The van der Waals surface area contributed by atoms with Gasteiger partial charge in [-0.1, -0.05) is 6.92 Å². The van der Waals surface area contributed by atoms with Crippen LogP contribution < -0.4 is 20.9 Å². The third kappa shape index (κ3) is 4.56. The van der Waals surface area contributed by atoms with Gasteiger partial charge in [-0.3, -0.25) is 4.79 Å². The van der Waals surface area contributed by atoms with Crippen LogP contribution in [0.15, 0.2) is 18.3 Å². The summed E-state index contributed by atoms with van der Waals surface area (Å²) in [6.45, 7) is 6.14. The van der Waals surface area contributed by atoms with Crippen LogP contribution in [0.1, 0.15) is 78.1 Å². The molecule has 0 bridgehead atoms. The highest BCUT2D eigenvalue weighted by Gasteiger charge is 2.43. The lowest BCUT2D eigenvalue weighted by atomic mass is 9.83. The van der Waals surface area contributed by atoms with E-state index in [2.05, 4.69) is 27.9 Å². The molecule has 2 unspecified atom stereocenters. The van der Waals surface area contributed by atoms with Crippen molar-refractivity contribution in [3.63, 3.8) is 0 Å². The van der Waals surface area contributed by atoms with E-state index in [1.54, 1.807) is 6.20 Å². The summed E-state index contributed by atoms with van der Waals surface area (Å²) < 4.78 is 44.3. The Labute approximate surface area is 215 Å². The lowest BCUT2D eigenvalue weighted by Crippen LogP contribution is -2.55. The van der Waals surface area contributed by atoms with Gasteiger partial charge in [0.1, 0.15) is 11.6 Å². The molecule has 37 heavy (non-hydrogen) atoms. The topological polar surface area (TPSA) is 69.3 Å². The SMILES string of the molecule is CCC1CN(c2cc(F)c3c(c2C(F)F)CC[C@@H](NC(=O)c2cnc4c(c2)[C@@H]2C[C@@H]2CN4)C3)CC(C)N1. The lowest BCUT2D eigenvalue weighted by Gasteiger charge is -2.40. The van der Waals surface area contributed by atoms with Crippen molar-refractivity contribution >= 4 is 17.4 Å². The number of piperazine rings is 1. The van der Waals surface area contributed by atoms with Crippen LogP contribution >= 0.6 is 0 Å². The number of amides is 1. The van der Waals surface area contributed by atoms with Crippen molar-refractivity contribution in [3.05, 3.63) is 52.0 Å². The molecular formula is C28H34F3N5O. The van der Waals surface area contributed by atoms with E-state index in [-0.39, 0.29) is 36.0 Å². The molecule has 2 aromatic rings. The average Bonchev–Trinajstić information content (AvgIpc) is 3.68. The van der Waals surface area contributed by atoms with Crippen molar-refractivity contribution in [3.8, 4) is 0 Å². The molecule has 1 amide bonds. The van der Waals surface area contributed by atoms with Crippen LogP contribution in [0.5, 0.6) is 0 Å². The van der Waals surface area contributed by atoms with Crippen LogP contribution in [-0.2, 0) is 12.8 Å². The van der Waals surface area contributed by atoms with Crippen LogP contribution in [0, 0.1) is 11.7 Å². The number of hydrogen-bond donors (Lipinski definition) is 3. The number of nitrogens with zero attached hydrogens (tertiary/aromatic N) is 2. The first kappa shape index (κ1) is 24.5. The predicted octanol–water partition coefficient (Wildman–Crippen LogP) is 4.55. The predicted molar refractivity (Wildman–Crippen MR) is 137 cm³/mol. The number of pyridine rings is 1. The number of benzene rings is 1. The molecule has 2 aliphatic carbocycles. The number of anilines is 2. The zero-order valence-corrected chi connectivity index (χ0v) is 21.3. The summed E-state index contributed by atoms with van der Waals surface area (Å²) >= 11 is 0. The number of hydrogen-bond acceptors (Lipinski definition) is 5. The first-order valence-electron chi connectivity index (χ1n) is 13.5. The Balaban J connectivity index is 1.22. The maximum absolute atomic E-state index is 15.5. The molecule has 2 aliphatic heterocycles. The molecular weight excluding hydrogens is 479 g/mol. The van der Waals surface area contributed by atoms with Crippen molar-refractivity contribution in [1.82, 2.24) is 15.6 Å². The van der Waals surface area contributed by atoms with Gasteiger partial charge in [-0.25, -0.2) is 18.2 Å². The number of carbonyl (C=O) groups is 1. The Hall–Kier alpha value is -2.81. The number of nitrogens with one attached hydrogen (secondary N) is 3. The summed E-state index contributed by atoms with van der Waals surface area (Å²) in [4.78, 5) is 19.4. The van der Waals surface area contributed by atoms with Crippen molar-refractivity contribution in [2.75, 3.05) is 29.9 Å². The smallest absolute Gasteiger partial charge is 0.266 e. The summed E-state index contributed by atoms with van der Waals surface area (Å²) in [6.07, 6.45) is 1.86. The molecule has 198 valence electrons. The third-order valence-electron chi connectivity index (χ3n) is 8.59. The normalized spacial score (nSPS) is 28.2. The quantitative estimate of drug-likeness (QED) is 0.547. The molecule has 3 heterocycles. The van der Waals surface area contributed by atoms with Crippen LogP contribution in [0.3, 0.4) is 0 Å². The maximum Gasteiger partial charge on any atom is 0.266 e. The van der Waals surface area contributed by atoms with E-state index in [1.807, 2.05) is 17.9 Å². The molecule has 6 nitrogen and oxygen atoms in total. The molecule has 9 heteroatoms. The fourth-order valence-electron chi connectivity index (χ4n) is 6.56. The van der Waals surface area contributed by atoms with E-state index in [0.29, 0.717) is 60.1 Å². The second-order valence-electron chi connectivity index (χ2n) is 11.2. The van der Waals surface area contributed by atoms with Gasteiger partial charge in [0.15, 0.2) is 0 Å². The van der Waals surface area contributed by atoms with E-state index in [0.717, 1.165) is 30.8 Å². The monoisotopic (exact) mass is 513 g/mol. The van der Waals surface area contributed by atoms with Gasteiger partial charge in [0.2, 0.25) is 0 Å². The maximum atomic E-state index is 15.5. The fourth-order valence-corrected chi connectivity index (χ4v) is 6.56. The Bertz CT molecular complexity index is 1220. The molecule has 5 atom stereocenters. The van der Waals surface area contributed by atoms with Gasteiger partial charge < -0.3 is 20.9 Å². The highest BCUT2D eigenvalue weighted by molar-refractivity contribution is 5.94. The Morgan fingerprint density at radius 3 is 2.89 bits per heavy atom. The van der Waals surface area contributed by atoms with Gasteiger partial charge in [0.25, 0.3) is 12.3 Å². The van der Waals surface area contributed by atoms with Crippen LogP contribution in [0.25, 0.3) is 0 Å². The van der Waals surface area contributed by atoms with Gasteiger partial charge in [-0.05, 0) is 79.7 Å². The van der Waals surface area contributed by atoms with Crippen molar-refractivity contribution in [1.29, 1.82) is 0 Å². The van der Waals surface area contributed by atoms with Gasteiger partial charge in [0, 0.05) is 55.2 Å². The Morgan fingerprint density at radius 2 is 2.11 bits per heavy atom. The largest absolute Gasteiger partial charge is 0.370 e. The van der Waals surface area contributed by atoms with Crippen LogP contribution in [-0.4, -0.2) is 48.7 Å². The summed E-state index contributed by atoms with van der Waals surface area (Å²) in [5, 5.41) is 9.81. The minimum absolute atomic E-state index is 0.0458. The summed E-state index contributed by atoms with van der Waals surface area (Å²) in [5.74, 6) is 1.23. The number of fused-ring (bicyclic) bond motifs is 4. The van der Waals surface area contributed by atoms with Crippen LogP contribution in [0.4, 0.5) is 24.7 Å². The number of halogens is 3. The molecule has 3 N–H and O–H groups in total. The first-order valence-corrected chi connectivity index (χ1v) is 13.5. The molecule has 1 saturated heterocycles. The zero-order valence-electron chi connectivity index (χ0n) is 21.3. The van der Waals surface area contributed by atoms with Crippen molar-refractivity contribution < 1.29 is 18.0 Å². The standard InChI is InChI=1S/C28H34F3N5O/c1-3-17-13-36(12-14(2)34-17)24-9-23(29)21-8-18(4-5-19(21)25(24)26(30)31)35-28(37)16-7-22-20-6-15(20)10-32-27(22)33-11-16/h7,9,11,14-15,17-18,20,26,34H,3-6,8,10,12-13H2,1-2H3,(H,32,33)(H,35,37)/t14?,15-,17?,18-,20-/m1/s1. The lowest BCUT2D eigenvalue weighted by molar-refractivity contribution is 0.0932. The Kier molecular flexibility index (Phi) is 6.29. The summed E-state index contributed by atoms with van der Waals surface area (Å²) in [7, 11) is 0. The first-order chi connectivity index (χ1) is 17.8. The second-order valence-corrected chi connectivity index (χ2v) is 11.2. The molecule has 1 aromatic heterocycles. The van der Waals surface area contributed by atoms with Gasteiger partial charge in [-0.2, -0.15) is 0 Å². The van der Waals surface area contributed by atoms with E-state index >= 15 is 4.39 Å². The summed E-state index contributed by atoms with van der Waals surface area (Å²) in [5.41, 5.74) is 2.56. The average molecular weight is 514 g/mol. The molecule has 2 fully saturated rings. The second kappa shape index (κ2) is 9.49. The highest BCUT2D eigenvalue weighted by Crippen LogP contribution is 2.52. The molecule has 1 saturated carbocycles. The minimum atomic E-state index is -2.69. The van der Waals surface area contributed by atoms with Gasteiger partial charge >= 0.3 is 0 Å². The van der Waals surface area contributed by atoms with Crippen LogP contribution in [0.2, 0.25) is 0 Å². The minimum Gasteiger partial charge on any atom is -0.370 e. The van der Waals surface area contributed by atoms with Crippen molar-refractivity contribution in [2.24, 2.45) is 5.92 Å². The molecule has 4 aliphatic rings. The number of rotatable bonds is 5. The Morgan fingerprint density at radius 1 is 1.27 bits per heavy atom. The van der Waals surface area contributed by atoms with Gasteiger partial charge in [-0.15, -0.1) is 0 Å². The van der Waals surface area contributed by atoms with Crippen molar-refractivity contribution in [2.45, 2.75) is 76.4 Å². The molecule has 0 spiro atoms. The molecule has 1 aromatic carbocycles. The molecule has 0 radical (unpaired) electrons. The number of carbonyl (C=O) groups excluding carboxylic acids is 1. The fraction of sp³-hybridized carbons (Fsp3) is 0.571. The van der Waals surface area contributed by atoms with E-state index in [4.69, 9.17) is 0 Å². The molecule has 6 rings (SSSR count). The van der Waals surface area contributed by atoms with E-state index in [1.165, 1.54) is 6.07 Å². The highest BCUT2D eigenvalue weighted by atomic mass is 19.3. The zero-order chi connectivity index (χ0) is 25.8. The number of aromatic nitrogens is 1.